The van der Waals surface area contributed by atoms with Gasteiger partial charge >= 0.3 is 0 Å². The first kappa shape index (κ1) is 14.1. The Labute approximate surface area is 125 Å². The van der Waals surface area contributed by atoms with Gasteiger partial charge in [0.1, 0.15) is 0 Å². The number of fused-ring (bicyclic) bond motifs is 1. The third-order valence-electron chi connectivity index (χ3n) is 4.02. The maximum atomic E-state index is 12.5. The van der Waals surface area contributed by atoms with Crippen molar-refractivity contribution in [3.63, 3.8) is 0 Å². The Morgan fingerprint density at radius 2 is 1.57 bits per heavy atom. The molecular weight excluding hydrogens is 282 g/mol. The minimum atomic E-state index is -3.30. The molecule has 0 saturated carbocycles. The monoisotopic (exact) mass is 301 g/mol. The molecule has 1 aliphatic rings. The molecular formula is C17H19NO2S. The number of sulfone groups is 1. The number of nitrogen functional groups attached to an aromatic ring is 1. The lowest BCUT2D eigenvalue weighted by Crippen LogP contribution is -2.08. The van der Waals surface area contributed by atoms with E-state index in [1.807, 2.05) is 12.1 Å². The maximum Gasteiger partial charge on any atom is 0.182 e. The SMILES string of the molecule is Nc1ccc(CS(=O)(=O)c2ccc3c(c2)CCCC3)cc1. The van der Waals surface area contributed by atoms with E-state index in [4.69, 9.17) is 5.73 Å². The Kier molecular flexibility index (Phi) is 3.72. The van der Waals surface area contributed by atoms with Crippen LogP contribution in [0.1, 0.15) is 29.5 Å². The van der Waals surface area contributed by atoms with Gasteiger partial charge in [0.05, 0.1) is 10.6 Å². The molecule has 0 radical (unpaired) electrons. The van der Waals surface area contributed by atoms with Gasteiger partial charge in [0, 0.05) is 5.69 Å². The van der Waals surface area contributed by atoms with Crippen LogP contribution in [0.2, 0.25) is 0 Å². The zero-order chi connectivity index (χ0) is 14.9. The Hall–Kier alpha value is -1.81. The number of benzene rings is 2. The summed E-state index contributed by atoms with van der Waals surface area (Å²) in [4.78, 5) is 0.431. The Balaban J connectivity index is 1.89. The molecule has 2 aromatic rings. The van der Waals surface area contributed by atoms with Crippen molar-refractivity contribution in [2.24, 2.45) is 0 Å². The summed E-state index contributed by atoms with van der Waals surface area (Å²) >= 11 is 0. The molecule has 0 spiro atoms. The van der Waals surface area contributed by atoms with Crippen molar-refractivity contribution >= 4 is 15.5 Å². The van der Waals surface area contributed by atoms with E-state index in [2.05, 4.69) is 0 Å². The van der Waals surface area contributed by atoms with Gasteiger partial charge in [0.2, 0.25) is 0 Å². The van der Waals surface area contributed by atoms with Crippen LogP contribution in [-0.2, 0) is 28.4 Å². The summed E-state index contributed by atoms with van der Waals surface area (Å²) in [5, 5.41) is 0. The first-order valence-corrected chi connectivity index (χ1v) is 8.89. The van der Waals surface area contributed by atoms with Crippen molar-refractivity contribution < 1.29 is 8.42 Å². The number of nitrogens with two attached hydrogens (primary N) is 1. The summed E-state index contributed by atoms with van der Waals surface area (Å²) in [7, 11) is -3.30. The Morgan fingerprint density at radius 3 is 2.29 bits per heavy atom. The molecule has 110 valence electrons. The molecule has 3 rings (SSSR count). The molecule has 0 amide bonds. The molecule has 0 unspecified atom stereocenters. The highest BCUT2D eigenvalue weighted by atomic mass is 32.2. The summed E-state index contributed by atoms with van der Waals surface area (Å²) in [6.07, 6.45) is 4.40. The summed E-state index contributed by atoms with van der Waals surface area (Å²) in [5.74, 6) is 0.0199. The quantitative estimate of drug-likeness (QED) is 0.886. The molecule has 0 heterocycles. The van der Waals surface area contributed by atoms with Crippen LogP contribution in [0.3, 0.4) is 0 Å². The minimum Gasteiger partial charge on any atom is -0.399 e. The first-order chi connectivity index (χ1) is 10.0. The number of hydrogen-bond donors (Lipinski definition) is 1. The standard InChI is InChI=1S/C17H19NO2S/c18-16-8-5-13(6-9-16)12-21(19,20)17-10-7-14-3-1-2-4-15(14)11-17/h5-11H,1-4,12,18H2. The predicted molar refractivity (Wildman–Crippen MR) is 84.8 cm³/mol. The Bertz CT molecular complexity index is 749. The van der Waals surface area contributed by atoms with Gasteiger partial charge in [-0.15, -0.1) is 0 Å². The van der Waals surface area contributed by atoms with Gasteiger partial charge in [-0.05, 0) is 66.6 Å². The highest BCUT2D eigenvalue weighted by Gasteiger charge is 2.18. The second-order valence-corrected chi connectivity index (χ2v) is 7.63. The number of anilines is 1. The molecule has 21 heavy (non-hydrogen) atoms. The lowest BCUT2D eigenvalue weighted by atomic mass is 9.92. The van der Waals surface area contributed by atoms with Crippen LogP contribution in [0.4, 0.5) is 5.69 Å². The molecule has 3 nitrogen and oxygen atoms in total. The van der Waals surface area contributed by atoms with Crippen LogP contribution in [0.5, 0.6) is 0 Å². The first-order valence-electron chi connectivity index (χ1n) is 7.23. The lowest BCUT2D eigenvalue weighted by molar-refractivity contribution is 0.594. The average molecular weight is 301 g/mol. The molecule has 0 aliphatic heterocycles. The van der Waals surface area contributed by atoms with Gasteiger partial charge in [-0.3, -0.25) is 0 Å². The summed E-state index contributed by atoms with van der Waals surface area (Å²) in [5.41, 5.74) is 9.53. The molecule has 2 N–H and O–H groups in total. The molecule has 0 aromatic heterocycles. The summed E-state index contributed by atoms with van der Waals surface area (Å²) in [6, 6.07) is 12.6. The van der Waals surface area contributed by atoms with E-state index in [0.717, 1.165) is 24.8 Å². The minimum absolute atomic E-state index is 0.0199. The third kappa shape index (κ3) is 3.10. The van der Waals surface area contributed by atoms with E-state index in [-0.39, 0.29) is 5.75 Å². The molecule has 0 saturated heterocycles. The van der Waals surface area contributed by atoms with Crippen LogP contribution < -0.4 is 5.73 Å². The molecule has 0 bridgehead atoms. The highest BCUT2D eigenvalue weighted by Crippen LogP contribution is 2.25. The van der Waals surface area contributed by atoms with E-state index < -0.39 is 9.84 Å². The summed E-state index contributed by atoms with van der Waals surface area (Å²) in [6.45, 7) is 0. The molecule has 0 fully saturated rings. The van der Waals surface area contributed by atoms with Crippen LogP contribution in [0, 0.1) is 0 Å². The van der Waals surface area contributed by atoms with Gasteiger partial charge in [-0.25, -0.2) is 8.42 Å². The largest absolute Gasteiger partial charge is 0.399 e. The highest BCUT2D eigenvalue weighted by molar-refractivity contribution is 7.90. The second-order valence-electron chi connectivity index (χ2n) is 5.64. The second kappa shape index (κ2) is 5.53. The molecule has 1 aliphatic carbocycles. The van der Waals surface area contributed by atoms with Crippen molar-refractivity contribution in [2.75, 3.05) is 5.73 Å². The number of hydrogen-bond acceptors (Lipinski definition) is 3. The van der Waals surface area contributed by atoms with E-state index in [0.29, 0.717) is 10.6 Å². The molecule has 4 heteroatoms. The van der Waals surface area contributed by atoms with Gasteiger partial charge in [-0.2, -0.15) is 0 Å². The zero-order valence-electron chi connectivity index (χ0n) is 11.9. The van der Waals surface area contributed by atoms with E-state index >= 15 is 0 Å². The van der Waals surface area contributed by atoms with E-state index in [1.165, 1.54) is 17.5 Å². The van der Waals surface area contributed by atoms with Crippen molar-refractivity contribution in [1.82, 2.24) is 0 Å². The fourth-order valence-corrected chi connectivity index (χ4v) is 4.22. The zero-order valence-corrected chi connectivity index (χ0v) is 12.7. The van der Waals surface area contributed by atoms with Crippen molar-refractivity contribution in [2.45, 2.75) is 36.3 Å². The van der Waals surface area contributed by atoms with Crippen LogP contribution in [0.25, 0.3) is 0 Å². The number of aryl methyl sites for hydroxylation is 2. The molecule has 2 aromatic carbocycles. The van der Waals surface area contributed by atoms with E-state index in [1.54, 1.807) is 30.3 Å². The Morgan fingerprint density at radius 1 is 0.905 bits per heavy atom. The normalized spacial score (nSPS) is 14.7. The average Bonchev–Trinajstić information content (AvgIpc) is 2.49. The fourth-order valence-electron chi connectivity index (χ4n) is 2.82. The maximum absolute atomic E-state index is 12.5. The lowest BCUT2D eigenvalue weighted by Gasteiger charge is -2.16. The van der Waals surface area contributed by atoms with Crippen molar-refractivity contribution in [3.8, 4) is 0 Å². The predicted octanol–water partition coefficient (Wildman–Crippen LogP) is 3.12. The summed E-state index contributed by atoms with van der Waals surface area (Å²) < 4.78 is 25.1. The number of rotatable bonds is 3. The third-order valence-corrected chi connectivity index (χ3v) is 5.70. The van der Waals surface area contributed by atoms with E-state index in [9.17, 15) is 8.42 Å². The topological polar surface area (TPSA) is 60.2 Å². The smallest absolute Gasteiger partial charge is 0.182 e. The van der Waals surface area contributed by atoms with Crippen LogP contribution >= 0.6 is 0 Å². The van der Waals surface area contributed by atoms with Gasteiger partial charge in [0.25, 0.3) is 0 Å². The van der Waals surface area contributed by atoms with Gasteiger partial charge in [-0.1, -0.05) is 18.2 Å². The van der Waals surface area contributed by atoms with Crippen molar-refractivity contribution in [1.29, 1.82) is 0 Å². The van der Waals surface area contributed by atoms with Crippen LogP contribution in [0.15, 0.2) is 47.4 Å². The van der Waals surface area contributed by atoms with Crippen molar-refractivity contribution in [3.05, 3.63) is 59.2 Å². The van der Waals surface area contributed by atoms with Crippen LogP contribution in [-0.4, -0.2) is 8.42 Å². The van der Waals surface area contributed by atoms with Gasteiger partial charge in [0.15, 0.2) is 9.84 Å². The van der Waals surface area contributed by atoms with Gasteiger partial charge < -0.3 is 5.73 Å². The fraction of sp³-hybridized carbons (Fsp3) is 0.294. The molecule has 0 atom stereocenters.